The molecular formula is C13H6BrNO5. The second kappa shape index (κ2) is 4.61. The van der Waals surface area contributed by atoms with Crippen LogP contribution in [0.3, 0.4) is 0 Å². The fourth-order valence-electron chi connectivity index (χ4n) is 1.71. The highest BCUT2D eigenvalue weighted by Gasteiger charge is 2.14. The summed E-state index contributed by atoms with van der Waals surface area (Å²) in [6.07, 6.45) is 0. The first-order chi connectivity index (χ1) is 9.54. The lowest BCUT2D eigenvalue weighted by Gasteiger charge is -2.01. The summed E-state index contributed by atoms with van der Waals surface area (Å²) >= 11 is 3.29. The van der Waals surface area contributed by atoms with Crippen LogP contribution in [0.5, 0.6) is 5.75 Å². The summed E-state index contributed by atoms with van der Waals surface area (Å²) < 4.78 is 10.7. The quantitative estimate of drug-likeness (QED) is 0.733. The summed E-state index contributed by atoms with van der Waals surface area (Å²) in [6.45, 7) is 0. The second-order valence-corrected chi connectivity index (χ2v) is 4.86. The number of aromatic hydroxyl groups is 1. The Morgan fingerprint density at radius 3 is 2.50 bits per heavy atom. The molecule has 0 aliphatic carbocycles. The monoisotopic (exact) mass is 335 g/mol. The van der Waals surface area contributed by atoms with Gasteiger partial charge < -0.3 is 13.9 Å². The molecule has 100 valence electrons. The summed E-state index contributed by atoms with van der Waals surface area (Å²) in [5, 5.41) is 9.31. The predicted octanol–water partition coefficient (Wildman–Crippen LogP) is 2.28. The van der Waals surface area contributed by atoms with E-state index in [9.17, 15) is 14.7 Å². The molecule has 0 radical (unpaired) electrons. The molecule has 2 aromatic heterocycles. The van der Waals surface area contributed by atoms with Crippen molar-refractivity contribution in [3.63, 3.8) is 0 Å². The third kappa shape index (κ3) is 2.12. The van der Waals surface area contributed by atoms with Crippen molar-refractivity contribution >= 4 is 27.0 Å². The summed E-state index contributed by atoms with van der Waals surface area (Å²) in [7, 11) is 0. The number of fused-ring (bicyclic) bond motifs is 1. The van der Waals surface area contributed by atoms with E-state index in [1.807, 2.05) is 0 Å². The van der Waals surface area contributed by atoms with Gasteiger partial charge in [-0.25, -0.2) is 9.59 Å². The normalized spacial score (nSPS) is 10.8. The van der Waals surface area contributed by atoms with Crippen molar-refractivity contribution in [1.82, 2.24) is 4.98 Å². The number of hydrogen-bond acceptors (Lipinski definition) is 6. The van der Waals surface area contributed by atoms with Crippen LogP contribution in [0.4, 0.5) is 0 Å². The van der Waals surface area contributed by atoms with Gasteiger partial charge >= 0.3 is 11.3 Å². The highest BCUT2D eigenvalue weighted by Crippen LogP contribution is 2.23. The molecule has 0 atom stereocenters. The van der Waals surface area contributed by atoms with Gasteiger partial charge in [0.15, 0.2) is 5.39 Å². The van der Waals surface area contributed by atoms with E-state index < -0.39 is 17.0 Å². The fraction of sp³-hybridized carbons (Fsp3) is 0. The van der Waals surface area contributed by atoms with Crippen LogP contribution in [0.15, 0.2) is 53.2 Å². The SMILES string of the molecule is O=c1cc(O)c2c(=O)oc(-c3ccc(Br)cc3)nc2o1. The largest absolute Gasteiger partial charge is 0.507 e. The van der Waals surface area contributed by atoms with E-state index in [2.05, 4.69) is 20.9 Å². The number of benzene rings is 1. The molecule has 3 rings (SSSR count). The average molecular weight is 336 g/mol. The van der Waals surface area contributed by atoms with Crippen LogP contribution in [-0.4, -0.2) is 10.1 Å². The van der Waals surface area contributed by atoms with E-state index in [-0.39, 0.29) is 17.0 Å². The maximum absolute atomic E-state index is 11.8. The number of aromatic nitrogens is 1. The van der Waals surface area contributed by atoms with Gasteiger partial charge in [-0.2, -0.15) is 4.98 Å². The Balaban J connectivity index is 2.32. The Bertz CT molecular complexity index is 911. The predicted molar refractivity (Wildman–Crippen MR) is 73.6 cm³/mol. The molecule has 0 amide bonds. The minimum Gasteiger partial charge on any atom is -0.507 e. The average Bonchev–Trinajstić information content (AvgIpc) is 2.38. The zero-order valence-electron chi connectivity index (χ0n) is 9.79. The number of halogens is 1. The van der Waals surface area contributed by atoms with Crippen LogP contribution in [0.25, 0.3) is 22.6 Å². The van der Waals surface area contributed by atoms with Gasteiger partial charge in [-0.3, -0.25) is 0 Å². The molecule has 0 unspecified atom stereocenters. The molecule has 0 saturated carbocycles. The van der Waals surface area contributed by atoms with Gasteiger partial charge in [0.2, 0.25) is 11.6 Å². The standard InChI is InChI=1S/C13H6BrNO5/c14-7-3-1-6(2-4-7)11-15-12-10(13(18)20-11)8(16)5-9(17)19-12/h1-5,16H. The van der Waals surface area contributed by atoms with E-state index in [1.54, 1.807) is 24.3 Å². The van der Waals surface area contributed by atoms with Gasteiger partial charge in [0, 0.05) is 10.0 Å². The van der Waals surface area contributed by atoms with Crippen LogP contribution in [0.1, 0.15) is 0 Å². The third-order valence-corrected chi connectivity index (χ3v) is 3.14. The maximum Gasteiger partial charge on any atom is 0.354 e. The van der Waals surface area contributed by atoms with Gasteiger partial charge in [0.1, 0.15) is 5.75 Å². The second-order valence-electron chi connectivity index (χ2n) is 3.94. The molecule has 2 heterocycles. The van der Waals surface area contributed by atoms with Crippen molar-refractivity contribution in [2.75, 3.05) is 0 Å². The first-order valence-corrected chi connectivity index (χ1v) is 6.28. The highest BCUT2D eigenvalue weighted by molar-refractivity contribution is 9.10. The van der Waals surface area contributed by atoms with E-state index in [4.69, 9.17) is 8.83 Å². The molecule has 0 spiro atoms. The molecule has 1 N–H and O–H groups in total. The van der Waals surface area contributed by atoms with Gasteiger partial charge in [0.25, 0.3) is 0 Å². The van der Waals surface area contributed by atoms with Crippen molar-refractivity contribution < 1.29 is 13.9 Å². The summed E-state index contributed by atoms with van der Waals surface area (Å²) in [5.41, 5.74) is -1.34. The zero-order valence-corrected chi connectivity index (χ0v) is 11.4. The van der Waals surface area contributed by atoms with Crippen molar-refractivity contribution in [1.29, 1.82) is 0 Å². The first kappa shape index (κ1) is 12.6. The van der Waals surface area contributed by atoms with Gasteiger partial charge in [-0.05, 0) is 24.3 Å². The summed E-state index contributed by atoms with van der Waals surface area (Å²) in [5.74, 6) is -0.511. The lowest BCUT2D eigenvalue weighted by atomic mass is 10.2. The first-order valence-electron chi connectivity index (χ1n) is 5.48. The molecule has 7 heteroatoms. The van der Waals surface area contributed by atoms with Crippen molar-refractivity contribution in [2.45, 2.75) is 0 Å². The van der Waals surface area contributed by atoms with Crippen LogP contribution in [0, 0.1) is 0 Å². The molecular weight excluding hydrogens is 330 g/mol. The molecule has 0 fully saturated rings. The van der Waals surface area contributed by atoms with E-state index in [0.29, 0.717) is 5.56 Å². The molecule has 0 bridgehead atoms. The van der Waals surface area contributed by atoms with Crippen molar-refractivity contribution in [2.24, 2.45) is 0 Å². The lowest BCUT2D eigenvalue weighted by molar-refractivity contribution is 0.451. The smallest absolute Gasteiger partial charge is 0.354 e. The van der Waals surface area contributed by atoms with Crippen molar-refractivity contribution in [3.8, 4) is 17.2 Å². The molecule has 0 saturated heterocycles. The van der Waals surface area contributed by atoms with E-state index in [1.165, 1.54) is 0 Å². The van der Waals surface area contributed by atoms with Crippen LogP contribution in [0.2, 0.25) is 0 Å². The lowest BCUT2D eigenvalue weighted by Crippen LogP contribution is -2.07. The Labute approximate surface area is 119 Å². The Morgan fingerprint density at radius 2 is 1.80 bits per heavy atom. The third-order valence-electron chi connectivity index (χ3n) is 2.61. The fourth-order valence-corrected chi connectivity index (χ4v) is 1.97. The minimum atomic E-state index is -0.825. The van der Waals surface area contributed by atoms with Crippen LogP contribution in [-0.2, 0) is 0 Å². The number of hydrogen-bond donors (Lipinski definition) is 1. The van der Waals surface area contributed by atoms with Gasteiger partial charge in [0.05, 0.1) is 6.07 Å². The molecule has 6 nitrogen and oxygen atoms in total. The Hall–Kier alpha value is -2.41. The van der Waals surface area contributed by atoms with Crippen LogP contribution >= 0.6 is 15.9 Å². The zero-order chi connectivity index (χ0) is 14.3. The Kier molecular flexibility index (Phi) is 2.90. The van der Waals surface area contributed by atoms with E-state index >= 15 is 0 Å². The molecule has 20 heavy (non-hydrogen) atoms. The van der Waals surface area contributed by atoms with E-state index in [0.717, 1.165) is 10.5 Å². The van der Waals surface area contributed by atoms with Gasteiger partial charge in [-0.1, -0.05) is 15.9 Å². The van der Waals surface area contributed by atoms with Crippen molar-refractivity contribution in [3.05, 3.63) is 55.6 Å². The highest BCUT2D eigenvalue weighted by atomic mass is 79.9. The van der Waals surface area contributed by atoms with Crippen LogP contribution < -0.4 is 11.3 Å². The molecule has 0 aliphatic heterocycles. The summed E-state index contributed by atoms with van der Waals surface area (Å²) in [4.78, 5) is 27.0. The Morgan fingerprint density at radius 1 is 1.10 bits per heavy atom. The summed E-state index contributed by atoms with van der Waals surface area (Å²) in [6, 6.07) is 7.66. The maximum atomic E-state index is 11.8. The van der Waals surface area contributed by atoms with Gasteiger partial charge in [-0.15, -0.1) is 0 Å². The molecule has 0 aliphatic rings. The molecule has 1 aromatic carbocycles. The minimum absolute atomic E-state index is 0.00347. The number of rotatable bonds is 1. The number of nitrogens with zero attached hydrogens (tertiary/aromatic N) is 1. The molecule has 3 aromatic rings. The topological polar surface area (TPSA) is 93.5 Å².